The zero-order valence-corrected chi connectivity index (χ0v) is 17.8. The number of nitrogens with one attached hydrogen (secondary N) is 1. The SMILES string of the molecule is COc1cccc([C@H]2C3=C(CCCC3=O)Nc3nc(-c4cccc(C)c4)nn32)c1OC. The number of carbonyl (C=O) groups is 1. The van der Waals surface area contributed by atoms with Gasteiger partial charge < -0.3 is 14.8 Å². The van der Waals surface area contributed by atoms with Gasteiger partial charge in [-0.3, -0.25) is 4.79 Å². The number of carbonyl (C=O) groups excluding carboxylic acids is 1. The van der Waals surface area contributed by atoms with E-state index in [2.05, 4.69) is 11.4 Å². The molecule has 3 aromatic rings. The minimum atomic E-state index is -0.435. The van der Waals surface area contributed by atoms with Gasteiger partial charge in [-0.1, -0.05) is 35.9 Å². The molecular formula is C24H24N4O3. The van der Waals surface area contributed by atoms with E-state index < -0.39 is 6.04 Å². The molecule has 2 aliphatic rings. The Morgan fingerprint density at radius 1 is 1.10 bits per heavy atom. The fourth-order valence-corrected chi connectivity index (χ4v) is 4.48. The molecule has 0 saturated carbocycles. The highest BCUT2D eigenvalue weighted by Gasteiger charge is 2.38. The zero-order chi connectivity index (χ0) is 21.5. The summed E-state index contributed by atoms with van der Waals surface area (Å²) in [5, 5.41) is 8.21. The van der Waals surface area contributed by atoms with Crippen LogP contribution in [0.4, 0.5) is 5.95 Å². The van der Waals surface area contributed by atoms with Gasteiger partial charge in [0.25, 0.3) is 0 Å². The number of nitrogens with zero attached hydrogens (tertiary/aromatic N) is 3. The maximum Gasteiger partial charge on any atom is 0.226 e. The second-order valence-electron chi connectivity index (χ2n) is 7.85. The summed E-state index contributed by atoms with van der Waals surface area (Å²) in [6.07, 6.45) is 2.15. The Hall–Kier alpha value is -3.61. The van der Waals surface area contributed by atoms with E-state index >= 15 is 0 Å². The Balaban J connectivity index is 1.73. The first-order valence-electron chi connectivity index (χ1n) is 10.4. The molecule has 0 amide bonds. The van der Waals surface area contributed by atoms with Crippen molar-refractivity contribution in [2.75, 3.05) is 19.5 Å². The van der Waals surface area contributed by atoms with Crippen molar-refractivity contribution in [2.24, 2.45) is 0 Å². The van der Waals surface area contributed by atoms with Gasteiger partial charge in [-0.05, 0) is 31.9 Å². The summed E-state index contributed by atoms with van der Waals surface area (Å²) in [7, 11) is 3.22. The number of allylic oxidation sites excluding steroid dienone is 2. The smallest absolute Gasteiger partial charge is 0.226 e. The van der Waals surface area contributed by atoms with E-state index in [1.54, 1.807) is 18.9 Å². The first-order chi connectivity index (χ1) is 15.1. The van der Waals surface area contributed by atoms with Crippen LogP contribution in [0.25, 0.3) is 11.4 Å². The van der Waals surface area contributed by atoms with Crippen LogP contribution in [0.2, 0.25) is 0 Å². The topological polar surface area (TPSA) is 78.3 Å². The number of aryl methyl sites for hydroxylation is 1. The lowest BCUT2D eigenvalue weighted by atomic mass is 9.85. The van der Waals surface area contributed by atoms with Crippen molar-refractivity contribution in [3.63, 3.8) is 0 Å². The van der Waals surface area contributed by atoms with Crippen LogP contribution in [-0.4, -0.2) is 34.8 Å². The summed E-state index contributed by atoms with van der Waals surface area (Å²) < 4.78 is 13.0. The lowest BCUT2D eigenvalue weighted by Crippen LogP contribution is -2.31. The third-order valence-electron chi connectivity index (χ3n) is 5.87. The van der Waals surface area contributed by atoms with Crippen LogP contribution in [0.15, 0.2) is 53.7 Å². The molecule has 7 heteroatoms. The minimum Gasteiger partial charge on any atom is -0.493 e. The number of ketones is 1. The first-order valence-corrected chi connectivity index (χ1v) is 10.4. The van der Waals surface area contributed by atoms with Crippen molar-refractivity contribution in [3.05, 3.63) is 64.9 Å². The van der Waals surface area contributed by atoms with Crippen LogP contribution < -0.4 is 14.8 Å². The number of fused-ring (bicyclic) bond motifs is 1. The number of aromatic nitrogens is 3. The van der Waals surface area contributed by atoms with Crippen molar-refractivity contribution in [3.8, 4) is 22.9 Å². The van der Waals surface area contributed by atoms with Crippen molar-refractivity contribution >= 4 is 11.7 Å². The highest BCUT2D eigenvalue weighted by Crippen LogP contribution is 2.45. The molecule has 1 aliphatic carbocycles. The maximum atomic E-state index is 13.1. The van der Waals surface area contributed by atoms with Gasteiger partial charge in [0.15, 0.2) is 23.1 Å². The van der Waals surface area contributed by atoms with E-state index in [0.29, 0.717) is 29.7 Å². The summed E-state index contributed by atoms with van der Waals surface area (Å²) in [6.45, 7) is 2.04. The second kappa shape index (κ2) is 7.58. The number of rotatable bonds is 4. The lowest BCUT2D eigenvalue weighted by molar-refractivity contribution is -0.116. The normalized spacial score (nSPS) is 17.6. The van der Waals surface area contributed by atoms with Crippen LogP contribution in [0.5, 0.6) is 11.5 Å². The number of methoxy groups -OCH3 is 2. The predicted molar refractivity (Wildman–Crippen MR) is 117 cm³/mol. The molecule has 0 radical (unpaired) electrons. The molecule has 0 saturated heterocycles. The van der Waals surface area contributed by atoms with Gasteiger partial charge in [0.2, 0.25) is 5.95 Å². The third-order valence-corrected chi connectivity index (χ3v) is 5.87. The van der Waals surface area contributed by atoms with Crippen LogP contribution in [0.3, 0.4) is 0 Å². The van der Waals surface area contributed by atoms with Crippen LogP contribution in [0.1, 0.15) is 36.4 Å². The number of hydrogen-bond donors (Lipinski definition) is 1. The van der Waals surface area contributed by atoms with Crippen molar-refractivity contribution in [1.29, 1.82) is 0 Å². The summed E-state index contributed by atoms with van der Waals surface area (Å²) >= 11 is 0. The molecule has 1 aliphatic heterocycles. The van der Waals surface area contributed by atoms with Crippen molar-refractivity contribution < 1.29 is 14.3 Å². The van der Waals surface area contributed by atoms with Crippen molar-refractivity contribution in [1.82, 2.24) is 14.8 Å². The number of para-hydroxylation sites is 1. The van der Waals surface area contributed by atoms with Gasteiger partial charge in [0.05, 0.1) is 14.2 Å². The Labute approximate surface area is 180 Å². The molecule has 1 aromatic heterocycles. The second-order valence-corrected chi connectivity index (χ2v) is 7.85. The minimum absolute atomic E-state index is 0.127. The Morgan fingerprint density at radius 2 is 1.94 bits per heavy atom. The molecule has 0 unspecified atom stereocenters. The van der Waals surface area contributed by atoms with Gasteiger partial charge >= 0.3 is 0 Å². The van der Waals surface area contributed by atoms with Crippen molar-refractivity contribution in [2.45, 2.75) is 32.2 Å². The predicted octanol–water partition coefficient (Wildman–Crippen LogP) is 4.29. The van der Waals surface area contributed by atoms with E-state index in [-0.39, 0.29) is 5.78 Å². The third kappa shape index (κ3) is 3.17. The number of ether oxygens (including phenoxy) is 2. The summed E-state index contributed by atoms with van der Waals surface area (Å²) in [5.41, 5.74) is 4.54. The average molecular weight is 416 g/mol. The molecule has 31 heavy (non-hydrogen) atoms. The van der Waals surface area contributed by atoms with Gasteiger partial charge in [0, 0.05) is 28.8 Å². The highest BCUT2D eigenvalue weighted by atomic mass is 16.5. The molecule has 2 heterocycles. The molecule has 7 nitrogen and oxygen atoms in total. The highest BCUT2D eigenvalue weighted by molar-refractivity contribution is 5.99. The molecule has 1 N–H and O–H groups in total. The Morgan fingerprint density at radius 3 is 2.71 bits per heavy atom. The summed E-state index contributed by atoms with van der Waals surface area (Å²) in [4.78, 5) is 17.8. The monoisotopic (exact) mass is 416 g/mol. The number of anilines is 1. The van der Waals surface area contributed by atoms with E-state index in [1.165, 1.54) is 0 Å². The lowest BCUT2D eigenvalue weighted by Gasteiger charge is -2.32. The van der Waals surface area contributed by atoms with Crippen LogP contribution in [0, 0.1) is 6.92 Å². The molecule has 0 spiro atoms. The molecule has 2 aromatic carbocycles. The molecule has 158 valence electrons. The number of benzene rings is 2. The molecular weight excluding hydrogens is 392 g/mol. The fraction of sp³-hybridized carbons (Fsp3) is 0.292. The van der Waals surface area contributed by atoms with Gasteiger partial charge in [0.1, 0.15) is 6.04 Å². The molecule has 1 atom stereocenters. The van der Waals surface area contributed by atoms with Crippen LogP contribution >= 0.6 is 0 Å². The fourth-order valence-electron chi connectivity index (χ4n) is 4.48. The summed E-state index contributed by atoms with van der Waals surface area (Å²) in [6, 6.07) is 13.4. The number of hydrogen-bond acceptors (Lipinski definition) is 6. The average Bonchev–Trinajstić information content (AvgIpc) is 3.21. The quantitative estimate of drug-likeness (QED) is 0.684. The Kier molecular flexibility index (Phi) is 4.73. The van der Waals surface area contributed by atoms with E-state index in [0.717, 1.165) is 40.8 Å². The molecule has 5 rings (SSSR count). The zero-order valence-electron chi connectivity index (χ0n) is 17.8. The van der Waals surface area contributed by atoms with E-state index in [4.69, 9.17) is 19.6 Å². The van der Waals surface area contributed by atoms with Gasteiger partial charge in [-0.25, -0.2) is 4.68 Å². The van der Waals surface area contributed by atoms with Gasteiger partial charge in [-0.2, -0.15) is 4.98 Å². The maximum absolute atomic E-state index is 13.1. The summed E-state index contributed by atoms with van der Waals surface area (Å²) in [5.74, 6) is 2.58. The van der Waals surface area contributed by atoms with E-state index in [9.17, 15) is 4.79 Å². The molecule has 0 bridgehead atoms. The van der Waals surface area contributed by atoms with Crippen LogP contribution in [-0.2, 0) is 4.79 Å². The standard InChI is InChI=1S/C24H24N4O3/c1-14-7-4-8-15(13-14)23-26-24-25-17-10-6-11-18(29)20(17)21(28(24)27-23)16-9-5-12-19(30-2)22(16)31-3/h4-5,7-9,12-13,21H,6,10-11H2,1-3H3,(H,25,26,27)/t21-/m0/s1. The first kappa shape index (κ1) is 19.4. The van der Waals surface area contributed by atoms with E-state index in [1.807, 2.05) is 43.3 Å². The van der Waals surface area contributed by atoms with Gasteiger partial charge in [-0.15, -0.1) is 5.10 Å². The number of Topliss-reactive ketones (excluding diaryl/α,β-unsaturated/α-hetero) is 1. The molecule has 0 fully saturated rings. The Bertz CT molecular complexity index is 1210. The largest absolute Gasteiger partial charge is 0.493 e.